The molecule has 4 nitrogen and oxygen atoms in total. The molecule has 0 bridgehead atoms. The highest BCUT2D eigenvalue weighted by Gasteiger charge is 2.23. The van der Waals surface area contributed by atoms with Crippen LogP contribution in [0.4, 0.5) is 0 Å². The summed E-state index contributed by atoms with van der Waals surface area (Å²) < 4.78 is 0. The van der Waals surface area contributed by atoms with Gasteiger partial charge in [-0.25, -0.2) is 0 Å². The summed E-state index contributed by atoms with van der Waals surface area (Å²) in [5.41, 5.74) is 7.41. The van der Waals surface area contributed by atoms with Gasteiger partial charge in [-0.15, -0.1) is 0 Å². The molecule has 1 fully saturated rings. The van der Waals surface area contributed by atoms with Crippen LogP contribution in [-0.4, -0.2) is 35.5 Å². The smallest absolute Gasteiger partial charge is 0.217 e. The number of hydrogen-bond acceptors (Lipinski definition) is 3. The van der Waals surface area contributed by atoms with Crippen molar-refractivity contribution in [1.82, 2.24) is 4.90 Å². The molecule has 2 atom stereocenters. The number of carbonyl (C=O) groups excluding carboxylic acids is 1. The van der Waals surface area contributed by atoms with Gasteiger partial charge in [0, 0.05) is 19.5 Å². The molecule has 2 unspecified atom stereocenters. The molecule has 3 N–H and O–H groups in total. The lowest BCUT2D eigenvalue weighted by atomic mass is 9.94. The van der Waals surface area contributed by atoms with Crippen molar-refractivity contribution in [3.8, 4) is 0 Å². The van der Waals surface area contributed by atoms with Crippen molar-refractivity contribution in [1.29, 1.82) is 0 Å². The van der Waals surface area contributed by atoms with Crippen LogP contribution in [0.1, 0.15) is 36.5 Å². The van der Waals surface area contributed by atoms with E-state index in [2.05, 4.69) is 4.90 Å². The fraction of sp³-hybridized carbons (Fsp3) is 0.562. The molecule has 0 aromatic heterocycles. The highest BCUT2D eigenvalue weighted by atomic mass is 16.3. The number of primary amides is 1. The Kier molecular flexibility index (Phi) is 5.15. The number of aryl methyl sites for hydroxylation is 1. The molecule has 0 radical (unpaired) electrons. The van der Waals surface area contributed by atoms with Crippen molar-refractivity contribution in [2.75, 3.05) is 19.6 Å². The van der Waals surface area contributed by atoms with Gasteiger partial charge >= 0.3 is 0 Å². The lowest BCUT2D eigenvalue weighted by Gasteiger charge is -2.33. The van der Waals surface area contributed by atoms with Crippen molar-refractivity contribution < 1.29 is 9.90 Å². The maximum Gasteiger partial charge on any atom is 0.217 e. The standard InChI is InChI=1S/C16H24N2O2/c1-12-4-6-14(7-5-12)15(19)11-18-8-2-3-13(10-18)9-16(17)20/h4-7,13,15,19H,2-3,8-11H2,1H3,(H2,17,20). The third kappa shape index (κ3) is 4.32. The highest BCUT2D eigenvalue weighted by Crippen LogP contribution is 2.22. The van der Waals surface area contributed by atoms with E-state index in [1.807, 2.05) is 31.2 Å². The first-order valence-corrected chi connectivity index (χ1v) is 7.30. The molecule has 2 rings (SSSR count). The van der Waals surface area contributed by atoms with E-state index in [4.69, 9.17) is 5.73 Å². The second-order valence-electron chi connectivity index (χ2n) is 5.86. The Morgan fingerprint density at radius 3 is 2.80 bits per heavy atom. The number of carbonyl (C=O) groups is 1. The number of hydrogen-bond donors (Lipinski definition) is 2. The Morgan fingerprint density at radius 2 is 2.15 bits per heavy atom. The van der Waals surface area contributed by atoms with E-state index in [1.54, 1.807) is 0 Å². The summed E-state index contributed by atoms with van der Waals surface area (Å²) >= 11 is 0. The lowest BCUT2D eigenvalue weighted by Crippen LogP contribution is -2.39. The zero-order valence-corrected chi connectivity index (χ0v) is 12.1. The van der Waals surface area contributed by atoms with Gasteiger partial charge < -0.3 is 15.7 Å². The predicted molar refractivity (Wildman–Crippen MR) is 79.1 cm³/mol. The molecule has 110 valence electrons. The number of likely N-dealkylation sites (tertiary alicyclic amines) is 1. The largest absolute Gasteiger partial charge is 0.387 e. The Bertz CT molecular complexity index is 444. The van der Waals surface area contributed by atoms with Gasteiger partial charge in [0.2, 0.25) is 5.91 Å². The van der Waals surface area contributed by atoms with Crippen molar-refractivity contribution >= 4 is 5.91 Å². The second-order valence-corrected chi connectivity index (χ2v) is 5.86. The van der Waals surface area contributed by atoms with Gasteiger partial charge in [-0.3, -0.25) is 4.79 Å². The third-order valence-electron chi connectivity index (χ3n) is 3.99. The Morgan fingerprint density at radius 1 is 1.45 bits per heavy atom. The van der Waals surface area contributed by atoms with Crippen LogP contribution in [0.3, 0.4) is 0 Å². The molecule has 1 amide bonds. The van der Waals surface area contributed by atoms with E-state index in [1.165, 1.54) is 5.56 Å². The molecule has 1 heterocycles. The van der Waals surface area contributed by atoms with Gasteiger partial charge in [0.25, 0.3) is 0 Å². The number of benzene rings is 1. The van der Waals surface area contributed by atoms with E-state index >= 15 is 0 Å². The summed E-state index contributed by atoms with van der Waals surface area (Å²) in [7, 11) is 0. The Balaban J connectivity index is 1.88. The van der Waals surface area contributed by atoms with Crippen LogP contribution >= 0.6 is 0 Å². The minimum Gasteiger partial charge on any atom is -0.387 e. The monoisotopic (exact) mass is 276 g/mol. The molecule has 4 heteroatoms. The molecule has 0 aliphatic carbocycles. The van der Waals surface area contributed by atoms with Crippen LogP contribution < -0.4 is 5.73 Å². The van der Waals surface area contributed by atoms with Gasteiger partial charge in [0.05, 0.1) is 6.10 Å². The number of nitrogens with two attached hydrogens (primary N) is 1. The molecule has 20 heavy (non-hydrogen) atoms. The average molecular weight is 276 g/mol. The highest BCUT2D eigenvalue weighted by molar-refractivity contribution is 5.74. The van der Waals surface area contributed by atoms with Crippen LogP contribution in [0.25, 0.3) is 0 Å². The SMILES string of the molecule is Cc1ccc(C(O)CN2CCCC(CC(N)=O)C2)cc1. The van der Waals surface area contributed by atoms with E-state index < -0.39 is 6.10 Å². The molecule has 1 aromatic rings. The molecular weight excluding hydrogens is 252 g/mol. The molecule has 1 saturated heterocycles. The van der Waals surface area contributed by atoms with Crippen molar-refractivity contribution in [3.05, 3.63) is 35.4 Å². The van der Waals surface area contributed by atoms with Crippen molar-refractivity contribution in [3.63, 3.8) is 0 Å². The molecular formula is C16H24N2O2. The fourth-order valence-corrected chi connectivity index (χ4v) is 2.91. The van der Waals surface area contributed by atoms with Crippen LogP contribution in [0, 0.1) is 12.8 Å². The topological polar surface area (TPSA) is 66.6 Å². The molecule has 1 aliphatic heterocycles. The maximum atomic E-state index is 11.0. The van der Waals surface area contributed by atoms with Crippen molar-refractivity contribution in [2.45, 2.75) is 32.3 Å². The minimum atomic E-state index is -0.470. The lowest BCUT2D eigenvalue weighted by molar-refractivity contribution is -0.119. The van der Waals surface area contributed by atoms with E-state index in [9.17, 15) is 9.90 Å². The quantitative estimate of drug-likeness (QED) is 0.858. The van der Waals surface area contributed by atoms with Gasteiger partial charge in [-0.2, -0.15) is 0 Å². The number of piperidine rings is 1. The second kappa shape index (κ2) is 6.86. The average Bonchev–Trinajstić information content (AvgIpc) is 2.39. The summed E-state index contributed by atoms with van der Waals surface area (Å²) in [6.07, 6.45) is 2.11. The number of rotatable bonds is 5. The van der Waals surface area contributed by atoms with Gasteiger partial charge in [-0.1, -0.05) is 29.8 Å². The summed E-state index contributed by atoms with van der Waals surface area (Å²) in [6, 6.07) is 7.99. The minimum absolute atomic E-state index is 0.226. The van der Waals surface area contributed by atoms with Crippen LogP contribution in [0.15, 0.2) is 24.3 Å². The van der Waals surface area contributed by atoms with E-state index in [0.717, 1.165) is 31.5 Å². The first kappa shape index (κ1) is 15.0. The van der Waals surface area contributed by atoms with Crippen molar-refractivity contribution in [2.24, 2.45) is 11.7 Å². The van der Waals surface area contributed by atoms with Gasteiger partial charge in [-0.05, 0) is 37.8 Å². The summed E-state index contributed by atoms with van der Waals surface area (Å²) in [5, 5.41) is 10.3. The number of aliphatic hydroxyl groups is 1. The zero-order valence-electron chi connectivity index (χ0n) is 12.1. The normalized spacial score (nSPS) is 21.6. The third-order valence-corrected chi connectivity index (χ3v) is 3.99. The van der Waals surface area contributed by atoms with Gasteiger partial charge in [0.15, 0.2) is 0 Å². The number of nitrogens with zero attached hydrogens (tertiary/aromatic N) is 1. The number of β-amino-alcohol motifs (C(OH)–C–C–N with tert-alkyl or cyclic N) is 1. The molecule has 1 aromatic carbocycles. The van der Waals surface area contributed by atoms with Crippen LogP contribution in [0.2, 0.25) is 0 Å². The predicted octanol–water partition coefficient (Wildman–Crippen LogP) is 1.62. The van der Waals surface area contributed by atoms with E-state index in [-0.39, 0.29) is 5.91 Å². The fourth-order valence-electron chi connectivity index (χ4n) is 2.91. The Labute approximate surface area is 120 Å². The summed E-state index contributed by atoms with van der Waals surface area (Å²) in [6.45, 7) is 4.50. The van der Waals surface area contributed by atoms with E-state index in [0.29, 0.717) is 18.9 Å². The first-order chi connectivity index (χ1) is 9.54. The molecule has 0 saturated carbocycles. The van der Waals surface area contributed by atoms with Crippen LogP contribution in [0.5, 0.6) is 0 Å². The Hall–Kier alpha value is -1.39. The summed E-state index contributed by atoms with van der Waals surface area (Å²) in [5.74, 6) is 0.113. The molecule has 1 aliphatic rings. The molecule has 0 spiro atoms. The maximum absolute atomic E-state index is 11.0. The zero-order chi connectivity index (χ0) is 14.5. The number of aliphatic hydroxyl groups excluding tert-OH is 1. The van der Waals surface area contributed by atoms with Crippen LogP contribution in [-0.2, 0) is 4.79 Å². The summed E-state index contributed by atoms with van der Waals surface area (Å²) in [4.78, 5) is 13.2. The number of amides is 1. The first-order valence-electron chi connectivity index (χ1n) is 7.30. The van der Waals surface area contributed by atoms with Gasteiger partial charge in [0.1, 0.15) is 0 Å².